The zero-order valence-electron chi connectivity index (χ0n) is 14.0. The lowest BCUT2D eigenvalue weighted by atomic mass is 9.67. The standard InChI is InChI=1S/C19H28O3/c1-4-18-10-11-19(22-18,17(2,3)14-20)12-16(18)21-13-15-8-6-5-7-9-15/h5-9,16,20H,4,10-14H2,1-3H3/t16-,18+,19-/m0/s1. The Morgan fingerprint density at radius 3 is 2.64 bits per heavy atom. The van der Waals surface area contributed by atoms with Gasteiger partial charge in [0.15, 0.2) is 0 Å². The van der Waals surface area contributed by atoms with Crippen LogP contribution in [0.25, 0.3) is 0 Å². The molecule has 1 aromatic carbocycles. The van der Waals surface area contributed by atoms with E-state index in [0.717, 1.165) is 25.7 Å². The van der Waals surface area contributed by atoms with Crippen LogP contribution in [0.2, 0.25) is 0 Å². The van der Waals surface area contributed by atoms with Gasteiger partial charge < -0.3 is 14.6 Å². The summed E-state index contributed by atoms with van der Waals surface area (Å²) >= 11 is 0. The SMILES string of the molecule is CC[C@@]12CC[C@@](C(C)(C)CO)(C[C@@H]1OCc1ccccc1)O2. The Morgan fingerprint density at radius 2 is 2.00 bits per heavy atom. The summed E-state index contributed by atoms with van der Waals surface area (Å²) in [5.41, 5.74) is 0.571. The van der Waals surface area contributed by atoms with E-state index in [4.69, 9.17) is 9.47 Å². The van der Waals surface area contributed by atoms with Crippen LogP contribution in [0.15, 0.2) is 30.3 Å². The second-order valence-electron chi connectivity index (χ2n) is 7.55. The van der Waals surface area contributed by atoms with Crippen molar-refractivity contribution in [3.05, 3.63) is 35.9 Å². The van der Waals surface area contributed by atoms with Gasteiger partial charge in [0.1, 0.15) is 0 Å². The van der Waals surface area contributed by atoms with E-state index in [1.807, 2.05) is 18.2 Å². The normalized spacial score (nSPS) is 34.3. The van der Waals surface area contributed by atoms with E-state index in [1.54, 1.807) is 0 Å². The van der Waals surface area contributed by atoms with E-state index in [2.05, 4.69) is 32.9 Å². The summed E-state index contributed by atoms with van der Waals surface area (Å²) in [6.07, 6.45) is 4.04. The number of fused-ring (bicyclic) bond motifs is 2. The largest absolute Gasteiger partial charge is 0.396 e. The molecule has 0 aliphatic carbocycles. The minimum Gasteiger partial charge on any atom is -0.396 e. The molecule has 0 spiro atoms. The van der Waals surface area contributed by atoms with Crippen molar-refractivity contribution in [3.8, 4) is 0 Å². The highest BCUT2D eigenvalue weighted by molar-refractivity contribution is 5.16. The number of aliphatic hydroxyl groups is 1. The van der Waals surface area contributed by atoms with Crippen molar-refractivity contribution >= 4 is 0 Å². The fraction of sp³-hybridized carbons (Fsp3) is 0.684. The molecule has 0 radical (unpaired) electrons. The Balaban J connectivity index is 1.75. The van der Waals surface area contributed by atoms with E-state index in [9.17, 15) is 5.11 Å². The molecule has 0 aromatic heterocycles. The third kappa shape index (κ3) is 2.40. The smallest absolute Gasteiger partial charge is 0.0950 e. The highest BCUT2D eigenvalue weighted by atomic mass is 16.6. The van der Waals surface area contributed by atoms with Gasteiger partial charge in [-0.3, -0.25) is 0 Å². The molecule has 3 atom stereocenters. The molecule has 2 bridgehead atoms. The quantitative estimate of drug-likeness (QED) is 0.871. The molecule has 2 fully saturated rings. The number of ether oxygens (including phenoxy) is 2. The first-order chi connectivity index (χ1) is 10.5. The highest BCUT2D eigenvalue weighted by Gasteiger charge is 2.65. The summed E-state index contributed by atoms with van der Waals surface area (Å²) in [6.45, 7) is 7.19. The minimum absolute atomic E-state index is 0.122. The summed E-state index contributed by atoms with van der Waals surface area (Å²) in [4.78, 5) is 0. The molecule has 2 aliphatic heterocycles. The molecule has 3 heteroatoms. The van der Waals surface area contributed by atoms with Crippen LogP contribution in [0, 0.1) is 5.41 Å². The number of rotatable bonds is 6. The van der Waals surface area contributed by atoms with Gasteiger partial charge in [0, 0.05) is 11.8 Å². The highest BCUT2D eigenvalue weighted by Crippen LogP contribution is 2.60. The van der Waals surface area contributed by atoms with Crippen LogP contribution in [0.5, 0.6) is 0 Å². The molecule has 3 nitrogen and oxygen atoms in total. The Morgan fingerprint density at radius 1 is 1.27 bits per heavy atom. The monoisotopic (exact) mass is 304 g/mol. The van der Waals surface area contributed by atoms with Crippen LogP contribution in [0.4, 0.5) is 0 Å². The second-order valence-corrected chi connectivity index (χ2v) is 7.55. The molecule has 22 heavy (non-hydrogen) atoms. The lowest BCUT2D eigenvalue weighted by molar-refractivity contribution is -0.137. The number of hydrogen-bond acceptors (Lipinski definition) is 3. The van der Waals surface area contributed by atoms with Gasteiger partial charge in [-0.1, -0.05) is 51.1 Å². The van der Waals surface area contributed by atoms with E-state index in [1.165, 1.54) is 5.56 Å². The third-order valence-electron chi connectivity index (χ3n) is 5.97. The maximum Gasteiger partial charge on any atom is 0.0950 e. The predicted octanol–water partition coefficient (Wildman–Crippen LogP) is 3.69. The van der Waals surface area contributed by atoms with E-state index < -0.39 is 0 Å². The second kappa shape index (κ2) is 5.63. The summed E-state index contributed by atoms with van der Waals surface area (Å²) in [5.74, 6) is 0. The third-order valence-corrected chi connectivity index (χ3v) is 5.97. The van der Waals surface area contributed by atoms with Gasteiger partial charge in [-0.15, -0.1) is 0 Å². The predicted molar refractivity (Wildman–Crippen MR) is 86.6 cm³/mol. The van der Waals surface area contributed by atoms with Crippen molar-refractivity contribution in [1.82, 2.24) is 0 Å². The molecule has 2 heterocycles. The molecule has 0 amide bonds. The minimum atomic E-state index is -0.237. The topological polar surface area (TPSA) is 38.7 Å². The summed E-state index contributed by atoms with van der Waals surface area (Å²) in [7, 11) is 0. The molecule has 0 unspecified atom stereocenters. The van der Waals surface area contributed by atoms with Crippen molar-refractivity contribution in [2.24, 2.45) is 5.41 Å². The Labute approximate surface area is 133 Å². The van der Waals surface area contributed by atoms with Crippen LogP contribution in [-0.2, 0) is 16.1 Å². The van der Waals surface area contributed by atoms with Gasteiger partial charge in [-0.25, -0.2) is 0 Å². The van der Waals surface area contributed by atoms with Gasteiger partial charge >= 0.3 is 0 Å². The lowest BCUT2D eigenvalue weighted by Crippen LogP contribution is -2.46. The van der Waals surface area contributed by atoms with E-state index in [0.29, 0.717) is 6.61 Å². The van der Waals surface area contributed by atoms with Gasteiger partial charge in [0.25, 0.3) is 0 Å². The average Bonchev–Trinajstić information content (AvgIpc) is 3.10. The molecule has 1 N–H and O–H groups in total. The molecular weight excluding hydrogens is 276 g/mol. The van der Waals surface area contributed by atoms with Crippen LogP contribution in [-0.4, -0.2) is 29.0 Å². The summed E-state index contributed by atoms with van der Waals surface area (Å²) < 4.78 is 12.8. The van der Waals surface area contributed by atoms with Gasteiger partial charge in [0.2, 0.25) is 0 Å². The number of benzene rings is 1. The van der Waals surface area contributed by atoms with Crippen molar-refractivity contribution in [3.63, 3.8) is 0 Å². The fourth-order valence-electron chi connectivity index (χ4n) is 4.12. The fourth-order valence-corrected chi connectivity index (χ4v) is 4.12. The lowest BCUT2D eigenvalue weighted by Gasteiger charge is -2.40. The average molecular weight is 304 g/mol. The maximum absolute atomic E-state index is 9.80. The zero-order chi connectivity index (χ0) is 15.8. The van der Waals surface area contributed by atoms with Crippen molar-refractivity contribution in [1.29, 1.82) is 0 Å². The van der Waals surface area contributed by atoms with Crippen molar-refractivity contribution in [2.45, 2.75) is 70.4 Å². The summed E-state index contributed by atoms with van der Waals surface area (Å²) in [5, 5.41) is 9.80. The number of hydrogen-bond donors (Lipinski definition) is 1. The summed E-state index contributed by atoms with van der Waals surface area (Å²) in [6, 6.07) is 10.3. The number of aliphatic hydroxyl groups excluding tert-OH is 1. The van der Waals surface area contributed by atoms with Crippen LogP contribution in [0.3, 0.4) is 0 Å². The molecular formula is C19H28O3. The molecule has 3 rings (SSSR count). The van der Waals surface area contributed by atoms with Crippen LogP contribution < -0.4 is 0 Å². The van der Waals surface area contributed by atoms with E-state index in [-0.39, 0.29) is 29.3 Å². The molecule has 2 saturated heterocycles. The van der Waals surface area contributed by atoms with Gasteiger partial charge in [-0.05, 0) is 24.8 Å². The van der Waals surface area contributed by atoms with Crippen molar-refractivity contribution < 1.29 is 14.6 Å². The first-order valence-electron chi connectivity index (χ1n) is 8.43. The molecule has 122 valence electrons. The van der Waals surface area contributed by atoms with Crippen molar-refractivity contribution in [2.75, 3.05) is 6.61 Å². The Kier molecular flexibility index (Phi) is 4.09. The van der Waals surface area contributed by atoms with Gasteiger partial charge in [-0.2, -0.15) is 0 Å². The maximum atomic E-state index is 9.80. The molecule has 0 saturated carbocycles. The molecule has 1 aromatic rings. The zero-order valence-corrected chi connectivity index (χ0v) is 14.0. The van der Waals surface area contributed by atoms with Crippen LogP contribution in [0.1, 0.15) is 52.0 Å². The van der Waals surface area contributed by atoms with Crippen LogP contribution >= 0.6 is 0 Å². The first-order valence-corrected chi connectivity index (χ1v) is 8.43. The Hall–Kier alpha value is -0.900. The van der Waals surface area contributed by atoms with Gasteiger partial charge in [0.05, 0.1) is 30.5 Å². The van der Waals surface area contributed by atoms with E-state index >= 15 is 0 Å². The first kappa shape index (κ1) is 16.0. The molecule has 2 aliphatic rings. The Bertz CT molecular complexity index is 513.